The van der Waals surface area contributed by atoms with Gasteiger partial charge in [0.25, 0.3) is 5.91 Å². The van der Waals surface area contributed by atoms with Crippen molar-refractivity contribution in [3.63, 3.8) is 0 Å². The number of rotatable bonds is 5. The second-order valence-electron chi connectivity index (χ2n) is 13.9. The van der Waals surface area contributed by atoms with Crippen LogP contribution in [0.25, 0.3) is 0 Å². The molecule has 0 spiro atoms. The van der Waals surface area contributed by atoms with E-state index in [9.17, 15) is 19.9 Å². The third kappa shape index (κ3) is 7.94. The van der Waals surface area contributed by atoms with E-state index in [0.717, 1.165) is 48.8 Å². The van der Waals surface area contributed by atoms with E-state index in [0.29, 0.717) is 39.1 Å². The molecule has 1 aromatic carbocycles. The Balaban J connectivity index is 0.000000219. The first kappa shape index (κ1) is 34.0. The Kier molecular flexibility index (Phi) is 10.5. The lowest BCUT2D eigenvalue weighted by Crippen LogP contribution is -2.54. The molecule has 1 amide bonds. The van der Waals surface area contributed by atoms with Gasteiger partial charge < -0.3 is 19.7 Å². The van der Waals surface area contributed by atoms with Crippen LogP contribution in [-0.2, 0) is 24.2 Å². The number of aliphatic hydroxyl groups is 2. The zero-order valence-electron chi connectivity index (χ0n) is 27.3. The van der Waals surface area contributed by atoms with Crippen molar-refractivity contribution in [1.29, 1.82) is 0 Å². The Labute approximate surface area is 276 Å². The maximum Gasteiger partial charge on any atom is 0.252 e. The molecule has 2 saturated heterocycles. The fraction of sp³-hybridized carbons (Fsp3) is 0.559. The van der Waals surface area contributed by atoms with Gasteiger partial charge in [-0.2, -0.15) is 0 Å². The van der Waals surface area contributed by atoms with Gasteiger partial charge in [-0.15, -0.1) is 4.91 Å². The van der Waals surface area contributed by atoms with Crippen molar-refractivity contribution in [1.82, 2.24) is 29.3 Å². The zero-order chi connectivity index (χ0) is 33.1. The highest BCUT2D eigenvalue weighted by atomic mass is 35.5. The monoisotopic (exact) mass is 651 g/mol. The SMILES string of the molecule is CC(C)(C)C(O)C(=O)N1CCN(C2c3ccc(Cl)cc3CCc3cccnc32)CC1.Cc1cn(CC2(O)CCCN(N=O)C2)cn1. The second-order valence-corrected chi connectivity index (χ2v) is 14.3. The maximum atomic E-state index is 12.7. The molecule has 0 radical (unpaired) electrons. The molecule has 1 aliphatic carbocycles. The summed E-state index contributed by atoms with van der Waals surface area (Å²) in [6.45, 7) is 11.7. The smallest absolute Gasteiger partial charge is 0.252 e. The van der Waals surface area contributed by atoms with Gasteiger partial charge in [0.05, 0.1) is 42.1 Å². The van der Waals surface area contributed by atoms with Crippen LogP contribution in [0.4, 0.5) is 0 Å². The van der Waals surface area contributed by atoms with E-state index >= 15 is 0 Å². The molecule has 2 aliphatic heterocycles. The van der Waals surface area contributed by atoms with Crippen molar-refractivity contribution in [3.8, 4) is 0 Å². The largest absolute Gasteiger partial charge is 0.386 e. The number of imidazole rings is 1. The molecule has 4 heterocycles. The Bertz CT molecular complexity index is 1520. The highest BCUT2D eigenvalue weighted by molar-refractivity contribution is 6.30. The number of aliphatic hydroxyl groups excluding tert-OH is 1. The topological polar surface area (TPSA) is 127 Å². The molecule has 2 fully saturated rings. The van der Waals surface area contributed by atoms with Crippen LogP contribution in [0.15, 0.2) is 54.3 Å². The highest BCUT2D eigenvalue weighted by Gasteiger charge is 2.37. The van der Waals surface area contributed by atoms with Crippen LogP contribution in [-0.4, -0.2) is 96.4 Å². The van der Waals surface area contributed by atoms with E-state index in [1.165, 1.54) is 21.7 Å². The minimum Gasteiger partial charge on any atom is -0.386 e. The summed E-state index contributed by atoms with van der Waals surface area (Å²) in [5.74, 6) is -0.172. The lowest BCUT2D eigenvalue weighted by molar-refractivity contribution is -0.147. The fourth-order valence-corrected chi connectivity index (χ4v) is 6.88. The number of nitroso groups, excluding NO2 is 1. The predicted molar refractivity (Wildman–Crippen MR) is 177 cm³/mol. The number of halogens is 1. The quantitative estimate of drug-likeness (QED) is 0.394. The zero-order valence-corrected chi connectivity index (χ0v) is 28.0. The third-order valence-corrected chi connectivity index (χ3v) is 9.42. The Morgan fingerprint density at radius 2 is 1.85 bits per heavy atom. The molecule has 46 heavy (non-hydrogen) atoms. The summed E-state index contributed by atoms with van der Waals surface area (Å²) in [6.07, 6.45) is 7.83. The van der Waals surface area contributed by atoms with E-state index in [1.807, 2.05) is 56.8 Å². The van der Waals surface area contributed by atoms with Crippen LogP contribution in [0.1, 0.15) is 67.7 Å². The summed E-state index contributed by atoms with van der Waals surface area (Å²) in [5.41, 5.74) is 4.49. The molecule has 2 aromatic heterocycles. The molecule has 12 heteroatoms. The van der Waals surface area contributed by atoms with Gasteiger partial charge in [-0.25, -0.2) is 4.98 Å². The number of carbonyl (C=O) groups excluding carboxylic acids is 1. The van der Waals surface area contributed by atoms with Gasteiger partial charge in [0.15, 0.2) is 0 Å². The van der Waals surface area contributed by atoms with Gasteiger partial charge in [-0.3, -0.25) is 19.7 Å². The number of benzene rings is 1. The molecule has 0 bridgehead atoms. The van der Waals surface area contributed by atoms with Gasteiger partial charge in [0.1, 0.15) is 11.7 Å². The summed E-state index contributed by atoms with van der Waals surface area (Å²) in [4.78, 5) is 36.3. The molecular formula is C34H46ClN7O4. The van der Waals surface area contributed by atoms with Crippen molar-refractivity contribution < 1.29 is 15.0 Å². The van der Waals surface area contributed by atoms with E-state index in [4.69, 9.17) is 16.6 Å². The first-order valence-corrected chi connectivity index (χ1v) is 16.5. The third-order valence-electron chi connectivity index (χ3n) is 9.18. The summed E-state index contributed by atoms with van der Waals surface area (Å²) < 4.78 is 1.85. The predicted octanol–water partition coefficient (Wildman–Crippen LogP) is 4.17. The first-order valence-electron chi connectivity index (χ1n) is 16.1. The summed E-state index contributed by atoms with van der Waals surface area (Å²) in [5, 5.41) is 25.8. The van der Waals surface area contributed by atoms with Crippen LogP contribution in [0.2, 0.25) is 5.02 Å². The molecule has 0 saturated carbocycles. The molecule has 6 rings (SSSR count). The molecular weight excluding hydrogens is 606 g/mol. The highest BCUT2D eigenvalue weighted by Crippen LogP contribution is 2.37. The first-order chi connectivity index (χ1) is 21.9. The second kappa shape index (κ2) is 14.2. The lowest BCUT2D eigenvalue weighted by atomic mass is 9.88. The van der Waals surface area contributed by atoms with Gasteiger partial charge in [-0.05, 0) is 72.9 Å². The minimum atomic E-state index is -0.979. The molecule has 11 nitrogen and oxygen atoms in total. The molecule has 2 N–H and O–H groups in total. The number of piperazine rings is 1. The van der Waals surface area contributed by atoms with Crippen LogP contribution in [0.3, 0.4) is 0 Å². The molecule has 3 unspecified atom stereocenters. The number of aryl methyl sites for hydroxylation is 3. The number of pyridine rings is 1. The average molecular weight is 652 g/mol. The van der Waals surface area contributed by atoms with Gasteiger partial charge >= 0.3 is 0 Å². The number of piperidine rings is 1. The number of hydrogen-bond donors (Lipinski definition) is 2. The van der Waals surface area contributed by atoms with E-state index < -0.39 is 17.1 Å². The molecule has 3 aliphatic rings. The normalized spacial score (nSPS) is 22.5. The average Bonchev–Trinajstić information content (AvgIpc) is 3.36. The van der Waals surface area contributed by atoms with Gasteiger partial charge in [0.2, 0.25) is 0 Å². The van der Waals surface area contributed by atoms with Crippen molar-refractivity contribution in [3.05, 3.63) is 87.1 Å². The van der Waals surface area contributed by atoms with E-state index in [1.54, 1.807) is 11.2 Å². The van der Waals surface area contributed by atoms with Crippen LogP contribution in [0, 0.1) is 17.2 Å². The Hall–Kier alpha value is -3.38. The number of β-amino-alcohol motifs (C(OH)–C–C–N with tert-alkyl or cyclic N) is 1. The number of fused-ring (bicyclic) bond motifs is 2. The number of nitrogens with zero attached hydrogens (tertiary/aromatic N) is 7. The van der Waals surface area contributed by atoms with E-state index in [2.05, 4.69) is 33.4 Å². The summed E-state index contributed by atoms with van der Waals surface area (Å²) in [7, 11) is 0. The van der Waals surface area contributed by atoms with Gasteiger partial charge in [-0.1, -0.05) is 44.5 Å². The van der Waals surface area contributed by atoms with Crippen molar-refractivity contribution in [2.75, 3.05) is 39.3 Å². The van der Waals surface area contributed by atoms with Crippen molar-refractivity contribution >= 4 is 17.5 Å². The lowest BCUT2D eigenvalue weighted by Gasteiger charge is -2.41. The number of aromatic nitrogens is 3. The molecule has 3 aromatic rings. The molecule has 248 valence electrons. The van der Waals surface area contributed by atoms with E-state index in [-0.39, 0.29) is 11.9 Å². The standard InChI is InChI=1S/C24H30ClN3O2.C10H16N4O2/c1-24(2,3)22(29)23(30)28-13-11-27(12-14-28)21-19-9-8-18(25)15-17(19)7-6-16-5-4-10-26-20(16)21;1-9-5-13(8-11-9)6-10(15)3-2-4-14(7-10)12-16/h4-5,8-10,15,21-22,29H,6-7,11-14H2,1-3H3;5,8,15H,2-4,6-7H2,1H3. The minimum absolute atomic E-state index is 0.0563. The number of hydrogen-bond acceptors (Lipinski definition) is 8. The summed E-state index contributed by atoms with van der Waals surface area (Å²) in [6, 6.07) is 10.4. The number of carbonyl (C=O) groups is 1. The van der Waals surface area contributed by atoms with Gasteiger partial charge in [0, 0.05) is 50.1 Å². The molecule has 3 atom stereocenters. The van der Waals surface area contributed by atoms with Crippen molar-refractivity contribution in [2.24, 2.45) is 10.7 Å². The van der Waals surface area contributed by atoms with Crippen LogP contribution < -0.4 is 0 Å². The fourth-order valence-electron chi connectivity index (χ4n) is 6.68. The van der Waals surface area contributed by atoms with Crippen LogP contribution >= 0.6 is 11.6 Å². The summed E-state index contributed by atoms with van der Waals surface area (Å²) >= 11 is 6.30. The maximum absolute atomic E-state index is 12.7. The van der Waals surface area contributed by atoms with Crippen LogP contribution in [0.5, 0.6) is 0 Å². The Morgan fingerprint density at radius 1 is 1.11 bits per heavy atom. The Morgan fingerprint density at radius 3 is 2.52 bits per heavy atom. The number of amides is 1. The van der Waals surface area contributed by atoms with Crippen molar-refractivity contribution in [2.45, 2.75) is 77.7 Å².